The van der Waals surface area contributed by atoms with Crippen LogP contribution in [0.25, 0.3) is 0 Å². The van der Waals surface area contributed by atoms with Crippen LogP contribution in [0.4, 0.5) is 5.82 Å². The van der Waals surface area contributed by atoms with E-state index in [1.165, 1.54) is 12.5 Å². The summed E-state index contributed by atoms with van der Waals surface area (Å²) >= 11 is 6.04. The maximum absolute atomic E-state index is 13.0. The van der Waals surface area contributed by atoms with Gasteiger partial charge in [0.2, 0.25) is 10.0 Å². The van der Waals surface area contributed by atoms with Crippen molar-refractivity contribution in [1.82, 2.24) is 19.2 Å². The fourth-order valence-electron chi connectivity index (χ4n) is 2.69. The molecule has 3 rings (SSSR count). The second kappa shape index (κ2) is 7.65. The first kappa shape index (κ1) is 18.1. The molecule has 9 heteroatoms. The van der Waals surface area contributed by atoms with E-state index in [1.54, 1.807) is 22.5 Å². The van der Waals surface area contributed by atoms with Crippen LogP contribution in [0.1, 0.15) is 5.56 Å². The quantitative estimate of drug-likeness (QED) is 0.848. The maximum Gasteiger partial charge on any atom is 0.243 e. The Morgan fingerprint density at radius 3 is 2.64 bits per heavy atom. The molecule has 134 valence electrons. The molecule has 0 aliphatic carbocycles. The molecule has 1 aliphatic heterocycles. The third-order valence-electron chi connectivity index (χ3n) is 4.17. The van der Waals surface area contributed by atoms with Crippen LogP contribution in [0.5, 0.6) is 0 Å². The smallest absolute Gasteiger partial charge is 0.243 e. The van der Waals surface area contributed by atoms with Crippen molar-refractivity contribution in [2.75, 3.05) is 38.5 Å². The summed E-state index contributed by atoms with van der Waals surface area (Å²) in [6, 6.07) is 7.00. The number of rotatable bonds is 5. The van der Waals surface area contributed by atoms with E-state index in [4.69, 9.17) is 11.6 Å². The molecule has 2 heterocycles. The summed E-state index contributed by atoms with van der Waals surface area (Å²) < 4.78 is 27.6. The van der Waals surface area contributed by atoms with Gasteiger partial charge in [0, 0.05) is 32.7 Å². The average Bonchev–Trinajstić information content (AvgIpc) is 2.62. The molecule has 1 aliphatic rings. The monoisotopic (exact) mass is 381 g/mol. The Bertz CT molecular complexity index is 838. The van der Waals surface area contributed by atoms with Crippen LogP contribution < -0.4 is 5.32 Å². The molecule has 25 heavy (non-hydrogen) atoms. The van der Waals surface area contributed by atoms with Crippen LogP contribution in [0, 0.1) is 0 Å². The summed E-state index contributed by atoms with van der Waals surface area (Å²) in [7, 11) is -1.54. The van der Waals surface area contributed by atoms with Crippen LogP contribution >= 0.6 is 11.6 Å². The molecule has 1 saturated heterocycles. The summed E-state index contributed by atoms with van der Waals surface area (Å²) in [5, 5.41) is 3.47. The lowest BCUT2D eigenvalue weighted by Crippen LogP contribution is -2.47. The van der Waals surface area contributed by atoms with Crippen molar-refractivity contribution in [2.24, 2.45) is 0 Å². The topological polar surface area (TPSA) is 78.4 Å². The lowest BCUT2D eigenvalue weighted by atomic mass is 10.2. The van der Waals surface area contributed by atoms with E-state index in [9.17, 15) is 8.42 Å². The molecule has 1 aromatic carbocycles. The highest BCUT2D eigenvalue weighted by Gasteiger charge is 2.29. The average molecular weight is 382 g/mol. The van der Waals surface area contributed by atoms with E-state index < -0.39 is 10.0 Å². The Balaban J connectivity index is 1.82. The van der Waals surface area contributed by atoms with Crippen molar-refractivity contribution in [3.8, 4) is 0 Å². The number of piperazine rings is 1. The molecule has 0 radical (unpaired) electrons. The van der Waals surface area contributed by atoms with Crippen molar-refractivity contribution in [3.05, 3.63) is 47.4 Å². The van der Waals surface area contributed by atoms with Crippen LogP contribution in [-0.2, 0) is 16.6 Å². The Morgan fingerprint density at radius 2 is 1.92 bits per heavy atom. The zero-order valence-corrected chi connectivity index (χ0v) is 15.5. The highest BCUT2D eigenvalue weighted by atomic mass is 35.5. The van der Waals surface area contributed by atoms with Gasteiger partial charge in [0.1, 0.15) is 17.2 Å². The number of benzene rings is 1. The summed E-state index contributed by atoms with van der Waals surface area (Å²) in [4.78, 5) is 10.3. The highest BCUT2D eigenvalue weighted by Crippen LogP contribution is 2.23. The Labute approximate surface area is 152 Å². The molecular weight excluding hydrogens is 362 g/mol. The Kier molecular flexibility index (Phi) is 5.53. The summed E-state index contributed by atoms with van der Waals surface area (Å²) in [6.45, 7) is 2.77. The lowest BCUT2D eigenvalue weighted by molar-refractivity contribution is 0.222. The fraction of sp³-hybridized carbons (Fsp3) is 0.375. The number of anilines is 1. The van der Waals surface area contributed by atoms with E-state index in [0.29, 0.717) is 40.9 Å². The number of likely N-dealkylation sites (N-methyl/N-ethyl adjacent to an activating group) is 1. The zero-order valence-electron chi connectivity index (χ0n) is 13.9. The molecule has 0 spiro atoms. The van der Waals surface area contributed by atoms with Gasteiger partial charge in [-0.1, -0.05) is 29.8 Å². The first-order valence-corrected chi connectivity index (χ1v) is 9.76. The van der Waals surface area contributed by atoms with Crippen molar-refractivity contribution >= 4 is 27.4 Å². The number of nitrogens with one attached hydrogen (secondary N) is 1. The van der Waals surface area contributed by atoms with Gasteiger partial charge in [0.25, 0.3) is 0 Å². The molecule has 1 fully saturated rings. The van der Waals surface area contributed by atoms with Gasteiger partial charge in [-0.05, 0) is 18.7 Å². The van der Waals surface area contributed by atoms with Crippen molar-refractivity contribution in [2.45, 2.75) is 11.4 Å². The molecule has 0 saturated carbocycles. The number of hydrogen-bond donors (Lipinski definition) is 1. The molecule has 7 nitrogen and oxygen atoms in total. The van der Waals surface area contributed by atoms with Gasteiger partial charge < -0.3 is 10.2 Å². The van der Waals surface area contributed by atoms with Gasteiger partial charge in [-0.3, -0.25) is 0 Å². The molecular formula is C16H20ClN5O2S. The summed E-state index contributed by atoms with van der Waals surface area (Å²) in [5.74, 6) is 0.475. The van der Waals surface area contributed by atoms with Gasteiger partial charge in [-0.2, -0.15) is 4.31 Å². The third kappa shape index (κ3) is 4.09. The summed E-state index contributed by atoms with van der Waals surface area (Å²) in [5.41, 5.74) is 0.677. The standard InChI is InChI=1S/C16H20ClN5O2S/c1-21-6-8-22(9-7-21)25(23,24)15-5-3-2-4-13(15)10-19-16-14(17)11-18-12-20-16/h2-5,11-12H,6-10H2,1H3,(H,18,19,20). The van der Waals surface area contributed by atoms with Crippen LogP contribution in [0.2, 0.25) is 5.02 Å². The molecule has 0 bridgehead atoms. The SMILES string of the molecule is CN1CCN(S(=O)(=O)c2ccccc2CNc2ncncc2Cl)CC1. The summed E-state index contributed by atoms with van der Waals surface area (Å²) in [6.07, 6.45) is 2.88. The second-order valence-electron chi connectivity index (χ2n) is 5.89. The van der Waals surface area contributed by atoms with E-state index >= 15 is 0 Å². The molecule has 1 aromatic heterocycles. The van der Waals surface area contributed by atoms with E-state index in [2.05, 4.69) is 20.2 Å². The van der Waals surface area contributed by atoms with E-state index in [0.717, 1.165) is 13.1 Å². The van der Waals surface area contributed by atoms with Crippen LogP contribution in [0.15, 0.2) is 41.7 Å². The number of nitrogens with zero attached hydrogens (tertiary/aromatic N) is 4. The van der Waals surface area contributed by atoms with E-state index in [1.807, 2.05) is 13.1 Å². The zero-order chi connectivity index (χ0) is 17.9. The number of halogens is 1. The Hall–Kier alpha value is -1.74. The first-order chi connectivity index (χ1) is 12.0. The number of aromatic nitrogens is 2. The van der Waals surface area contributed by atoms with Gasteiger partial charge in [0.05, 0.1) is 11.1 Å². The molecule has 0 atom stereocenters. The van der Waals surface area contributed by atoms with Crippen LogP contribution in [0.3, 0.4) is 0 Å². The van der Waals surface area contributed by atoms with Crippen molar-refractivity contribution in [3.63, 3.8) is 0 Å². The van der Waals surface area contributed by atoms with Gasteiger partial charge >= 0.3 is 0 Å². The predicted octanol–water partition coefficient (Wildman–Crippen LogP) is 1.68. The van der Waals surface area contributed by atoms with E-state index in [-0.39, 0.29) is 0 Å². The minimum Gasteiger partial charge on any atom is -0.365 e. The lowest BCUT2D eigenvalue weighted by Gasteiger charge is -2.32. The molecule has 1 N–H and O–H groups in total. The third-order valence-corrected chi connectivity index (χ3v) is 6.44. The normalized spacial score (nSPS) is 16.7. The highest BCUT2D eigenvalue weighted by molar-refractivity contribution is 7.89. The molecule has 0 unspecified atom stereocenters. The van der Waals surface area contributed by atoms with Gasteiger partial charge in [-0.15, -0.1) is 0 Å². The van der Waals surface area contributed by atoms with Gasteiger partial charge in [-0.25, -0.2) is 18.4 Å². The van der Waals surface area contributed by atoms with Crippen molar-refractivity contribution in [1.29, 1.82) is 0 Å². The fourth-order valence-corrected chi connectivity index (χ4v) is 4.51. The largest absolute Gasteiger partial charge is 0.365 e. The number of sulfonamides is 1. The second-order valence-corrected chi connectivity index (χ2v) is 8.20. The Morgan fingerprint density at radius 1 is 1.20 bits per heavy atom. The molecule has 2 aromatic rings. The maximum atomic E-state index is 13.0. The minimum absolute atomic E-state index is 0.305. The predicted molar refractivity (Wildman–Crippen MR) is 97.1 cm³/mol. The molecule has 0 amide bonds. The number of hydrogen-bond acceptors (Lipinski definition) is 6. The van der Waals surface area contributed by atoms with Gasteiger partial charge in [0.15, 0.2) is 0 Å². The van der Waals surface area contributed by atoms with Crippen LogP contribution in [-0.4, -0.2) is 60.8 Å². The minimum atomic E-state index is -3.53. The van der Waals surface area contributed by atoms with Crippen molar-refractivity contribution < 1.29 is 8.42 Å². The first-order valence-electron chi connectivity index (χ1n) is 7.94.